The van der Waals surface area contributed by atoms with E-state index in [0.717, 1.165) is 41.8 Å². The highest BCUT2D eigenvalue weighted by Gasteiger charge is 2.21. The van der Waals surface area contributed by atoms with Gasteiger partial charge in [-0.3, -0.25) is 9.69 Å². The maximum absolute atomic E-state index is 12.5. The van der Waals surface area contributed by atoms with E-state index in [1.54, 1.807) is 11.3 Å². The summed E-state index contributed by atoms with van der Waals surface area (Å²) in [6, 6.07) is 10.2. The Kier molecular flexibility index (Phi) is 6.86. The van der Waals surface area contributed by atoms with Crippen LogP contribution < -0.4 is 5.32 Å². The van der Waals surface area contributed by atoms with Gasteiger partial charge in [0.25, 0.3) is 0 Å². The standard InChI is InChI=1S/C19H23IN2O2S/c1-14-6-7-15(10-18(14)20)21-19(23)13-22(11-16-4-2-8-24-16)12-17-5-3-9-25-17/h3,5-7,9-10,16H,2,4,8,11-13H2,1H3,(H,21,23). The summed E-state index contributed by atoms with van der Waals surface area (Å²) in [6.45, 7) is 4.87. The van der Waals surface area contributed by atoms with Gasteiger partial charge in [0.05, 0.1) is 12.6 Å². The monoisotopic (exact) mass is 470 g/mol. The number of thiophene rings is 1. The SMILES string of the molecule is Cc1ccc(NC(=O)CN(Cc2cccs2)CC2CCCO2)cc1I. The molecular weight excluding hydrogens is 447 g/mol. The lowest BCUT2D eigenvalue weighted by atomic mass is 10.2. The average Bonchev–Trinajstić information content (AvgIpc) is 3.25. The van der Waals surface area contributed by atoms with Crippen molar-refractivity contribution in [2.75, 3.05) is 25.0 Å². The topological polar surface area (TPSA) is 41.6 Å². The molecule has 1 amide bonds. The highest BCUT2D eigenvalue weighted by Crippen LogP contribution is 2.19. The number of hydrogen-bond acceptors (Lipinski definition) is 4. The van der Waals surface area contributed by atoms with Gasteiger partial charge in [0.2, 0.25) is 5.91 Å². The summed E-state index contributed by atoms with van der Waals surface area (Å²) in [5, 5.41) is 5.10. The second-order valence-corrected chi connectivity index (χ2v) is 8.59. The lowest BCUT2D eigenvalue weighted by molar-refractivity contribution is -0.117. The fourth-order valence-corrected chi connectivity index (χ4v) is 4.22. The normalized spacial score (nSPS) is 17.2. The summed E-state index contributed by atoms with van der Waals surface area (Å²) < 4.78 is 6.92. The molecule has 1 aliphatic heterocycles. The van der Waals surface area contributed by atoms with Crippen molar-refractivity contribution in [1.29, 1.82) is 0 Å². The van der Waals surface area contributed by atoms with Gasteiger partial charge in [-0.2, -0.15) is 0 Å². The van der Waals surface area contributed by atoms with Crippen LogP contribution in [0.1, 0.15) is 23.3 Å². The summed E-state index contributed by atoms with van der Waals surface area (Å²) in [6.07, 6.45) is 2.44. The van der Waals surface area contributed by atoms with Gasteiger partial charge in [-0.25, -0.2) is 0 Å². The molecule has 1 atom stereocenters. The second-order valence-electron chi connectivity index (χ2n) is 6.40. The number of nitrogens with zero attached hydrogens (tertiary/aromatic N) is 1. The van der Waals surface area contributed by atoms with Crippen LogP contribution in [0.5, 0.6) is 0 Å². The molecular formula is C19H23IN2O2S. The van der Waals surface area contributed by atoms with Crippen LogP contribution >= 0.6 is 33.9 Å². The maximum atomic E-state index is 12.5. The molecule has 0 saturated carbocycles. The summed E-state index contributed by atoms with van der Waals surface area (Å²) >= 11 is 4.02. The number of halogens is 1. The smallest absolute Gasteiger partial charge is 0.238 e. The molecule has 1 aromatic carbocycles. The molecule has 1 unspecified atom stereocenters. The van der Waals surface area contributed by atoms with E-state index >= 15 is 0 Å². The predicted octanol–water partition coefficient (Wildman–Crippen LogP) is 4.28. The Bertz CT molecular complexity index is 699. The van der Waals surface area contributed by atoms with Crippen LogP contribution in [0.2, 0.25) is 0 Å². The molecule has 134 valence electrons. The van der Waals surface area contributed by atoms with E-state index in [2.05, 4.69) is 57.2 Å². The molecule has 2 heterocycles. The number of aryl methyl sites for hydroxylation is 1. The van der Waals surface area contributed by atoms with Crippen molar-refractivity contribution in [3.63, 3.8) is 0 Å². The van der Waals surface area contributed by atoms with Crippen molar-refractivity contribution in [1.82, 2.24) is 4.90 Å². The molecule has 3 rings (SSSR count). The van der Waals surface area contributed by atoms with Gasteiger partial charge < -0.3 is 10.1 Å². The van der Waals surface area contributed by atoms with Crippen LogP contribution in [0, 0.1) is 10.5 Å². The van der Waals surface area contributed by atoms with E-state index in [1.807, 2.05) is 18.2 Å². The third kappa shape index (κ3) is 5.77. The minimum atomic E-state index is 0.0224. The molecule has 25 heavy (non-hydrogen) atoms. The van der Waals surface area contributed by atoms with Gasteiger partial charge in [-0.05, 0) is 71.5 Å². The molecule has 4 nitrogen and oxygen atoms in total. The van der Waals surface area contributed by atoms with E-state index in [0.29, 0.717) is 6.54 Å². The molecule has 0 radical (unpaired) electrons. The number of anilines is 1. The predicted molar refractivity (Wildman–Crippen MR) is 111 cm³/mol. The first kappa shape index (κ1) is 18.8. The van der Waals surface area contributed by atoms with Crippen molar-refractivity contribution >= 4 is 45.5 Å². The number of hydrogen-bond donors (Lipinski definition) is 1. The number of carbonyl (C=O) groups is 1. The van der Waals surface area contributed by atoms with E-state index in [1.165, 1.54) is 10.4 Å². The Labute approximate surface area is 166 Å². The van der Waals surface area contributed by atoms with Crippen LogP contribution in [0.15, 0.2) is 35.7 Å². The van der Waals surface area contributed by atoms with Crippen LogP contribution in [-0.2, 0) is 16.1 Å². The van der Waals surface area contributed by atoms with Crippen LogP contribution in [0.4, 0.5) is 5.69 Å². The third-order valence-electron chi connectivity index (χ3n) is 4.27. The van der Waals surface area contributed by atoms with Crippen LogP contribution in [-0.4, -0.2) is 36.6 Å². The Morgan fingerprint density at radius 1 is 1.44 bits per heavy atom. The Morgan fingerprint density at radius 2 is 2.32 bits per heavy atom. The number of amides is 1. The van der Waals surface area contributed by atoms with Crippen LogP contribution in [0.3, 0.4) is 0 Å². The highest BCUT2D eigenvalue weighted by atomic mass is 127. The average molecular weight is 470 g/mol. The molecule has 6 heteroatoms. The van der Waals surface area contributed by atoms with Crippen molar-refractivity contribution in [3.05, 3.63) is 49.7 Å². The molecule has 0 aliphatic carbocycles. The number of ether oxygens (including phenoxy) is 1. The highest BCUT2D eigenvalue weighted by molar-refractivity contribution is 14.1. The van der Waals surface area contributed by atoms with Gasteiger partial charge >= 0.3 is 0 Å². The zero-order valence-corrected chi connectivity index (χ0v) is 17.3. The summed E-state index contributed by atoms with van der Waals surface area (Å²) in [4.78, 5) is 16.0. The van der Waals surface area contributed by atoms with Crippen LogP contribution in [0.25, 0.3) is 0 Å². The summed E-state index contributed by atoms with van der Waals surface area (Å²) in [7, 11) is 0. The molecule has 1 N–H and O–H groups in total. The molecule has 1 saturated heterocycles. The number of carbonyl (C=O) groups excluding carboxylic acids is 1. The Morgan fingerprint density at radius 3 is 3.00 bits per heavy atom. The quantitative estimate of drug-likeness (QED) is 0.615. The molecule has 2 aromatic rings. The minimum Gasteiger partial charge on any atom is -0.377 e. The van der Waals surface area contributed by atoms with Crippen molar-refractivity contribution in [2.24, 2.45) is 0 Å². The van der Waals surface area contributed by atoms with Crippen molar-refractivity contribution < 1.29 is 9.53 Å². The van der Waals surface area contributed by atoms with Gasteiger partial charge in [0, 0.05) is 33.8 Å². The van der Waals surface area contributed by atoms with Gasteiger partial charge in [0.1, 0.15) is 0 Å². The first-order valence-electron chi connectivity index (χ1n) is 8.52. The molecule has 1 aliphatic rings. The van der Waals surface area contributed by atoms with E-state index in [4.69, 9.17) is 4.74 Å². The van der Waals surface area contributed by atoms with Gasteiger partial charge in [-0.1, -0.05) is 12.1 Å². The molecule has 1 fully saturated rings. The van der Waals surface area contributed by atoms with E-state index < -0.39 is 0 Å². The van der Waals surface area contributed by atoms with Crippen molar-refractivity contribution in [3.8, 4) is 0 Å². The second kappa shape index (κ2) is 9.12. The summed E-state index contributed by atoms with van der Waals surface area (Å²) in [5.41, 5.74) is 2.07. The summed E-state index contributed by atoms with van der Waals surface area (Å²) in [5.74, 6) is 0.0224. The molecule has 0 spiro atoms. The fraction of sp³-hybridized carbons (Fsp3) is 0.421. The number of nitrogens with one attached hydrogen (secondary N) is 1. The van der Waals surface area contributed by atoms with E-state index in [9.17, 15) is 4.79 Å². The largest absolute Gasteiger partial charge is 0.377 e. The first-order chi connectivity index (χ1) is 12.1. The lowest BCUT2D eigenvalue weighted by Gasteiger charge is -2.24. The zero-order chi connectivity index (χ0) is 17.6. The van der Waals surface area contributed by atoms with Gasteiger partial charge in [0.15, 0.2) is 0 Å². The Balaban J connectivity index is 1.61. The Hall–Kier alpha value is -0.960. The third-order valence-corrected chi connectivity index (χ3v) is 6.29. The maximum Gasteiger partial charge on any atom is 0.238 e. The minimum absolute atomic E-state index is 0.0224. The van der Waals surface area contributed by atoms with Crippen molar-refractivity contribution in [2.45, 2.75) is 32.4 Å². The number of benzene rings is 1. The van der Waals surface area contributed by atoms with Gasteiger partial charge in [-0.15, -0.1) is 11.3 Å². The fourth-order valence-electron chi connectivity index (χ4n) is 2.96. The first-order valence-corrected chi connectivity index (χ1v) is 10.5. The number of rotatable bonds is 7. The van der Waals surface area contributed by atoms with E-state index in [-0.39, 0.29) is 12.0 Å². The zero-order valence-electron chi connectivity index (χ0n) is 14.3. The molecule has 0 bridgehead atoms. The molecule has 1 aromatic heterocycles. The lowest BCUT2D eigenvalue weighted by Crippen LogP contribution is -2.37.